The Bertz CT molecular complexity index is 1450. The summed E-state index contributed by atoms with van der Waals surface area (Å²) in [5.41, 5.74) is 0.415. The standard InChI is InChI=1S/C33H43N5O7/c1-8-44-29(40)27(24-16-14-22(2)15-17-24)38-18-26(34-21-38)36-28(39)25(20-43-19-23-12-10-9-11-13-23)35-30(41)33(6,7)37-31(42)45-32(3,4)5/h9-18,21,25,27H,8,19-20H2,1-7H3,(H,35,41)(H,36,39)(H,37,42). The second kappa shape index (κ2) is 15.3. The van der Waals surface area contributed by atoms with Gasteiger partial charge in [-0.15, -0.1) is 0 Å². The molecule has 0 aliphatic heterocycles. The largest absolute Gasteiger partial charge is 0.464 e. The van der Waals surface area contributed by atoms with Gasteiger partial charge in [-0.1, -0.05) is 60.2 Å². The number of hydrogen-bond donors (Lipinski definition) is 3. The van der Waals surface area contributed by atoms with E-state index in [1.54, 1.807) is 32.3 Å². The van der Waals surface area contributed by atoms with Crippen LogP contribution < -0.4 is 16.0 Å². The number of nitrogens with one attached hydrogen (secondary N) is 3. The smallest absolute Gasteiger partial charge is 0.408 e. The van der Waals surface area contributed by atoms with Crippen LogP contribution in [0.4, 0.5) is 10.6 Å². The molecule has 242 valence electrons. The molecule has 3 rings (SSSR count). The van der Waals surface area contributed by atoms with Crippen molar-refractivity contribution in [3.63, 3.8) is 0 Å². The summed E-state index contributed by atoms with van der Waals surface area (Å²) < 4.78 is 17.9. The quantitative estimate of drug-likeness (QED) is 0.239. The molecule has 12 nitrogen and oxygen atoms in total. The van der Waals surface area contributed by atoms with Gasteiger partial charge in [-0.05, 0) is 59.6 Å². The highest BCUT2D eigenvalue weighted by molar-refractivity contribution is 5.98. The van der Waals surface area contributed by atoms with Crippen LogP contribution in [0.2, 0.25) is 0 Å². The molecule has 2 unspecified atom stereocenters. The molecule has 0 spiro atoms. The number of esters is 1. The number of carbonyl (C=O) groups excluding carboxylic acids is 4. The normalized spacial score (nSPS) is 12.9. The Morgan fingerprint density at radius 1 is 0.956 bits per heavy atom. The van der Waals surface area contributed by atoms with E-state index in [1.165, 1.54) is 26.4 Å². The van der Waals surface area contributed by atoms with Gasteiger partial charge in [0.2, 0.25) is 5.91 Å². The van der Waals surface area contributed by atoms with Crippen molar-refractivity contribution >= 4 is 29.7 Å². The van der Waals surface area contributed by atoms with E-state index in [-0.39, 0.29) is 25.6 Å². The van der Waals surface area contributed by atoms with Crippen LogP contribution in [0.25, 0.3) is 0 Å². The molecule has 3 aromatic rings. The molecule has 12 heteroatoms. The van der Waals surface area contributed by atoms with Gasteiger partial charge in [-0.25, -0.2) is 14.6 Å². The maximum absolute atomic E-state index is 13.5. The number of aryl methyl sites for hydroxylation is 1. The fourth-order valence-corrected chi connectivity index (χ4v) is 4.16. The zero-order chi connectivity index (χ0) is 33.2. The molecule has 0 saturated carbocycles. The number of amides is 3. The van der Waals surface area contributed by atoms with Crippen LogP contribution in [-0.4, -0.2) is 63.8 Å². The number of anilines is 1. The molecule has 3 amide bonds. The Morgan fingerprint density at radius 2 is 1.62 bits per heavy atom. The van der Waals surface area contributed by atoms with Crippen molar-refractivity contribution in [1.29, 1.82) is 0 Å². The molecule has 0 fully saturated rings. The van der Waals surface area contributed by atoms with E-state index in [9.17, 15) is 19.2 Å². The maximum Gasteiger partial charge on any atom is 0.408 e. The maximum atomic E-state index is 13.5. The van der Waals surface area contributed by atoms with Crippen LogP contribution >= 0.6 is 0 Å². The highest BCUT2D eigenvalue weighted by Gasteiger charge is 2.35. The number of nitrogens with zero attached hydrogens (tertiary/aromatic N) is 2. The van der Waals surface area contributed by atoms with Crippen LogP contribution in [0.1, 0.15) is 64.3 Å². The van der Waals surface area contributed by atoms with Crippen molar-refractivity contribution in [2.75, 3.05) is 18.5 Å². The van der Waals surface area contributed by atoms with E-state index < -0.39 is 47.1 Å². The number of carbonyl (C=O) groups is 4. The summed E-state index contributed by atoms with van der Waals surface area (Å²) in [7, 11) is 0. The molecule has 0 aliphatic rings. The summed E-state index contributed by atoms with van der Waals surface area (Å²) in [4.78, 5) is 56.3. The Balaban J connectivity index is 1.78. The number of alkyl carbamates (subject to hydrolysis) is 1. The number of benzene rings is 2. The summed E-state index contributed by atoms with van der Waals surface area (Å²) in [6.07, 6.45) is 2.15. The number of ether oxygens (including phenoxy) is 3. The Labute approximate surface area is 263 Å². The molecular formula is C33H43N5O7. The molecule has 0 saturated heterocycles. The second-order valence-electron chi connectivity index (χ2n) is 12.0. The molecule has 45 heavy (non-hydrogen) atoms. The van der Waals surface area contributed by atoms with Gasteiger partial charge < -0.3 is 34.7 Å². The summed E-state index contributed by atoms with van der Waals surface area (Å²) in [5, 5.41) is 7.91. The summed E-state index contributed by atoms with van der Waals surface area (Å²) in [6.45, 7) is 12.0. The first kappa shape index (κ1) is 34.8. The average Bonchev–Trinajstić information content (AvgIpc) is 3.40. The highest BCUT2D eigenvalue weighted by Crippen LogP contribution is 2.22. The molecular weight excluding hydrogens is 578 g/mol. The minimum absolute atomic E-state index is 0.148. The second-order valence-corrected chi connectivity index (χ2v) is 12.0. The molecule has 2 atom stereocenters. The zero-order valence-electron chi connectivity index (χ0n) is 26.9. The van der Waals surface area contributed by atoms with Gasteiger partial charge in [-0.2, -0.15) is 0 Å². The number of rotatable bonds is 13. The number of hydrogen-bond acceptors (Lipinski definition) is 8. The summed E-state index contributed by atoms with van der Waals surface area (Å²) >= 11 is 0. The predicted octanol–water partition coefficient (Wildman–Crippen LogP) is 4.29. The fourth-order valence-electron chi connectivity index (χ4n) is 4.16. The minimum Gasteiger partial charge on any atom is -0.464 e. The van der Waals surface area contributed by atoms with Gasteiger partial charge in [0.05, 0.1) is 26.1 Å². The molecule has 2 aromatic carbocycles. The van der Waals surface area contributed by atoms with Gasteiger partial charge in [0.1, 0.15) is 17.2 Å². The first-order chi connectivity index (χ1) is 21.2. The van der Waals surface area contributed by atoms with Crippen LogP contribution in [0.5, 0.6) is 0 Å². The lowest BCUT2D eigenvalue weighted by Gasteiger charge is -2.29. The van der Waals surface area contributed by atoms with E-state index in [1.807, 2.05) is 61.5 Å². The summed E-state index contributed by atoms with van der Waals surface area (Å²) in [6, 6.07) is 14.8. The van der Waals surface area contributed by atoms with Crippen molar-refractivity contribution in [3.05, 3.63) is 83.8 Å². The van der Waals surface area contributed by atoms with Gasteiger partial charge in [0, 0.05) is 6.20 Å². The molecule has 1 aromatic heterocycles. The van der Waals surface area contributed by atoms with Crippen molar-refractivity contribution in [2.24, 2.45) is 0 Å². The lowest BCUT2D eigenvalue weighted by Crippen LogP contribution is -2.59. The molecule has 1 heterocycles. The monoisotopic (exact) mass is 621 g/mol. The Kier molecular flexibility index (Phi) is 11.9. The lowest BCUT2D eigenvalue weighted by atomic mass is 10.0. The zero-order valence-corrected chi connectivity index (χ0v) is 26.9. The lowest BCUT2D eigenvalue weighted by molar-refractivity contribution is -0.145. The Hall–Kier alpha value is -4.71. The van der Waals surface area contributed by atoms with Crippen LogP contribution in [0.15, 0.2) is 67.1 Å². The first-order valence-corrected chi connectivity index (χ1v) is 14.7. The predicted molar refractivity (Wildman–Crippen MR) is 168 cm³/mol. The minimum atomic E-state index is -1.43. The van der Waals surface area contributed by atoms with Crippen molar-refractivity contribution in [1.82, 2.24) is 20.2 Å². The fraction of sp³-hybridized carbons (Fsp3) is 0.424. The third kappa shape index (κ3) is 10.8. The molecule has 0 bridgehead atoms. The van der Waals surface area contributed by atoms with Gasteiger partial charge in [0.15, 0.2) is 11.9 Å². The molecule has 0 aliphatic carbocycles. The van der Waals surface area contributed by atoms with Gasteiger partial charge >= 0.3 is 12.1 Å². The first-order valence-electron chi connectivity index (χ1n) is 14.7. The average molecular weight is 622 g/mol. The number of imidazole rings is 1. The third-order valence-corrected chi connectivity index (χ3v) is 6.45. The van der Waals surface area contributed by atoms with Crippen LogP contribution in [-0.2, 0) is 35.2 Å². The van der Waals surface area contributed by atoms with Gasteiger partial charge in [0.25, 0.3) is 5.91 Å². The van der Waals surface area contributed by atoms with Crippen molar-refractivity contribution < 1.29 is 33.4 Å². The van der Waals surface area contributed by atoms with E-state index in [4.69, 9.17) is 14.2 Å². The van der Waals surface area contributed by atoms with Crippen molar-refractivity contribution in [2.45, 2.75) is 78.3 Å². The van der Waals surface area contributed by atoms with Crippen LogP contribution in [0, 0.1) is 6.92 Å². The molecule has 0 radical (unpaired) electrons. The highest BCUT2D eigenvalue weighted by atomic mass is 16.6. The number of aromatic nitrogens is 2. The van der Waals surface area contributed by atoms with E-state index >= 15 is 0 Å². The topological polar surface area (TPSA) is 150 Å². The third-order valence-electron chi connectivity index (χ3n) is 6.45. The molecule has 3 N–H and O–H groups in total. The Morgan fingerprint density at radius 3 is 2.24 bits per heavy atom. The van der Waals surface area contributed by atoms with E-state index in [0.717, 1.165) is 11.1 Å². The van der Waals surface area contributed by atoms with Crippen LogP contribution in [0.3, 0.4) is 0 Å². The SMILES string of the molecule is CCOC(=O)C(c1ccc(C)cc1)n1cnc(NC(=O)C(COCc2ccccc2)NC(=O)C(C)(C)NC(=O)OC(C)(C)C)c1. The summed E-state index contributed by atoms with van der Waals surface area (Å²) in [5.74, 6) is -1.58. The van der Waals surface area contributed by atoms with E-state index in [0.29, 0.717) is 5.56 Å². The van der Waals surface area contributed by atoms with E-state index in [2.05, 4.69) is 20.9 Å². The van der Waals surface area contributed by atoms with Gasteiger partial charge in [-0.3, -0.25) is 9.59 Å². The van der Waals surface area contributed by atoms with Crippen molar-refractivity contribution in [3.8, 4) is 0 Å².